The minimum absolute atomic E-state index is 0.0616. The Balaban J connectivity index is 1.38. The van der Waals surface area contributed by atoms with Crippen LogP contribution >= 0.6 is 0 Å². The second-order valence-electron chi connectivity index (χ2n) is 17.2. The molecule has 0 saturated heterocycles. The SMILES string of the molecule is CC(=O)CC[C@H](NC(=O)OC(C)(C)C)C(=O)C[C@H](C(=O)O[C@@H]1CC[C@@]2(C)[C@@H](CC[C@@H]3[C@@H]2CC[C@]2(C)[C@@H](C(C)=O)CC[C@@H]32)C1)C(C)C. The van der Waals surface area contributed by atoms with Crippen LogP contribution in [0.3, 0.4) is 0 Å². The van der Waals surface area contributed by atoms with Crippen LogP contribution in [0.2, 0.25) is 0 Å². The van der Waals surface area contributed by atoms with E-state index in [1.165, 1.54) is 26.2 Å². The summed E-state index contributed by atoms with van der Waals surface area (Å²) in [6.45, 7) is 17.2. The molecule has 4 saturated carbocycles. The zero-order valence-electron chi connectivity index (χ0n) is 30.0. The first-order valence-electron chi connectivity index (χ1n) is 18.1. The molecule has 1 amide bonds. The average Bonchev–Trinajstić information content (AvgIpc) is 3.30. The van der Waals surface area contributed by atoms with Gasteiger partial charge in [-0.1, -0.05) is 27.7 Å². The quantitative estimate of drug-likeness (QED) is 0.230. The van der Waals surface area contributed by atoms with Crippen molar-refractivity contribution in [3.63, 3.8) is 0 Å². The number of rotatable bonds is 11. The van der Waals surface area contributed by atoms with Crippen LogP contribution in [0.5, 0.6) is 0 Å². The van der Waals surface area contributed by atoms with Crippen molar-refractivity contribution in [1.29, 1.82) is 0 Å². The lowest BCUT2D eigenvalue weighted by Crippen LogP contribution is -2.54. The summed E-state index contributed by atoms with van der Waals surface area (Å²) in [6.07, 6.45) is 9.01. The summed E-state index contributed by atoms with van der Waals surface area (Å²) in [5, 5.41) is 2.64. The van der Waals surface area contributed by atoms with E-state index in [9.17, 15) is 24.0 Å². The Labute approximate surface area is 277 Å². The third-order valence-corrected chi connectivity index (χ3v) is 12.8. The lowest BCUT2D eigenvalue weighted by atomic mass is 9.44. The molecule has 0 aromatic carbocycles. The largest absolute Gasteiger partial charge is 0.462 e. The van der Waals surface area contributed by atoms with Gasteiger partial charge in [0, 0.05) is 18.8 Å². The van der Waals surface area contributed by atoms with Crippen molar-refractivity contribution in [3.8, 4) is 0 Å². The summed E-state index contributed by atoms with van der Waals surface area (Å²) in [5.74, 6) is 1.61. The van der Waals surface area contributed by atoms with Gasteiger partial charge in [-0.05, 0) is 139 Å². The number of carbonyl (C=O) groups excluding carboxylic acids is 5. The standard InChI is InChI=1S/C38H61NO7/c1-22(2)28(21-33(42)32(15-10-23(3)40)39-35(44)46-36(5,6)7)34(43)45-26-16-18-37(8)25(20-26)11-12-27-30-14-13-29(24(4)41)38(30,9)19-17-31(27)37/h22,25-32H,10-21H2,1-9H3,(H,39,44)/t25-,26+,27-,28-,29+,30-,31-,32-,37-,38+/m0/s1. The number of alkyl carbamates (subject to hydrolysis) is 1. The van der Waals surface area contributed by atoms with Crippen molar-refractivity contribution in [2.75, 3.05) is 0 Å². The number of hydrogen-bond acceptors (Lipinski definition) is 7. The molecular weight excluding hydrogens is 582 g/mol. The van der Waals surface area contributed by atoms with Crippen LogP contribution in [-0.2, 0) is 28.7 Å². The first kappa shape index (κ1) is 36.6. The number of fused-ring (bicyclic) bond motifs is 5. The second kappa shape index (κ2) is 14.1. The molecule has 4 aliphatic carbocycles. The Kier molecular flexibility index (Phi) is 11.2. The maximum Gasteiger partial charge on any atom is 0.408 e. The number of Topliss-reactive ketones (excluding diaryl/α,β-unsaturated/α-hetero) is 3. The molecule has 0 aliphatic heterocycles. The fourth-order valence-corrected chi connectivity index (χ4v) is 10.3. The van der Waals surface area contributed by atoms with Crippen molar-refractivity contribution >= 4 is 29.4 Å². The van der Waals surface area contributed by atoms with Gasteiger partial charge in [0.2, 0.25) is 0 Å². The third-order valence-electron chi connectivity index (χ3n) is 12.8. The fraction of sp³-hybridized carbons (Fsp3) is 0.868. The number of ketones is 3. The summed E-state index contributed by atoms with van der Waals surface area (Å²) in [5.41, 5.74) is -0.351. The first-order chi connectivity index (χ1) is 21.4. The van der Waals surface area contributed by atoms with Crippen LogP contribution in [0, 0.1) is 52.3 Å². The van der Waals surface area contributed by atoms with Gasteiger partial charge in [-0.3, -0.25) is 14.4 Å². The lowest BCUT2D eigenvalue weighted by molar-refractivity contribution is -0.169. The van der Waals surface area contributed by atoms with Gasteiger partial charge < -0.3 is 19.6 Å². The van der Waals surface area contributed by atoms with Gasteiger partial charge in [-0.25, -0.2) is 4.79 Å². The summed E-state index contributed by atoms with van der Waals surface area (Å²) in [4.78, 5) is 63.8. The van der Waals surface area contributed by atoms with Crippen molar-refractivity contribution in [3.05, 3.63) is 0 Å². The van der Waals surface area contributed by atoms with Crippen molar-refractivity contribution in [2.24, 2.45) is 52.3 Å². The average molecular weight is 644 g/mol. The van der Waals surface area contributed by atoms with Gasteiger partial charge in [0.25, 0.3) is 0 Å². The van der Waals surface area contributed by atoms with Gasteiger partial charge in [0.15, 0.2) is 5.78 Å². The second-order valence-corrected chi connectivity index (χ2v) is 17.2. The monoisotopic (exact) mass is 643 g/mol. The van der Waals surface area contributed by atoms with E-state index < -0.39 is 23.7 Å². The molecule has 0 aromatic heterocycles. The van der Waals surface area contributed by atoms with Crippen molar-refractivity contribution < 1.29 is 33.4 Å². The highest BCUT2D eigenvalue weighted by atomic mass is 16.6. The van der Waals surface area contributed by atoms with Gasteiger partial charge in [-0.15, -0.1) is 0 Å². The Hall–Kier alpha value is -2.25. The van der Waals surface area contributed by atoms with E-state index >= 15 is 0 Å². The van der Waals surface area contributed by atoms with Crippen LogP contribution in [0.1, 0.15) is 139 Å². The predicted molar refractivity (Wildman–Crippen MR) is 177 cm³/mol. The minimum Gasteiger partial charge on any atom is -0.462 e. The highest BCUT2D eigenvalue weighted by Gasteiger charge is 2.61. The van der Waals surface area contributed by atoms with Crippen molar-refractivity contribution in [2.45, 2.75) is 157 Å². The van der Waals surface area contributed by atoms with E-state index in [0.29, 0.717) is 29.5 Å². The van der Waals surface area contributed by atoms with E-state index in [4.69, 9.17) is 9.47 Å². The number of nitrogens with one attached hydrogen (secondary N) is 1. The molecule has 0 spiro atoms. The van der Waals surface area contributed by atoms with Crippen LogP contribution in [0.4, 0.5) is 4.79 Å². The molecule has 0 heterocycles. The highest BCUT2D eigenvalue weighted by Crippen LogP contribution is 2.67. The molecule has 8 heteroatoms. The molecule has 8 nitrogen and oxygen atoms in total. The molecule has 4 rings (SSSR count). The topological polar surface area (TPSA) is 116 Å². The molecule has 10 atom stereocenters. The van der Waals surface area contributed by atoms with Crippen LogP contribution in [0.25, 0.3) is 0 Å². The number of carbonyl (C=O) groups is 5. The first-order valence-corrected chi connectivity index (χ1v) is 18.1. The molecule has 4 aliphatic rings. The Morgan fingerprint density at radius 2 is 1.52 bits per heavy atom. The third kappa shape index (κ3) is 7.89. The molecule has 0 aromatic rings. The Morgan fingerprint density at radius 1 is 0.870 bits per heavy atom. The van der Waals surface area contributed by atoms with Gasteiger partial charge >= 0.3 is 12.1 Å². The zero-order valence-corrected chi connectivity index (χ0v) is 30.0. The number of esters is 1. The molecule has 0 bridgehead atoms. The Morgan fingerprint density at radius 3 is 2.13 bits per heavy atom. The lowest BCUT2D eigenvalue weighted by Gasteiger charge is -2.61. The molecule has 46 heavy (non-hydrogen) atoms. The fourth-order valence-electron chi connectivity index (χ4n) is 10.3. The summed E-state index contributed by atoms with van der Waals surface area (Å²) < 4.78 is 11.6. The number of ether oxygens (including phenoxy) is 2. The van der Waals surface area contributed by atoms with Gasteiger partial charge in [-0.2, -0.15) is 0 Å². The van der Waals surface area contributed by atoms with Crippen molar-refractivity contribution in [1.82, 2.24) is 5.32 Å². The number of amides is 1. The van der Waals surface area contributed by atoms with E-state index in [1.807, 2.05) is 13.8 Å². The summed E-state index contributed by atoms with van der Waals surface area (Å²) >= 11 is 0. The van der Waals surface area contributed by atoms with E-state index in [0.717, 1.165) is 38.5 Å². The molecule has 4 fully saturated rings. The number of hydrogen-bond donors (Lipinski definition) is 1. The Bertz CT molecular complexity index is 1170. The zero-order chi connectivity index (χ0) is 34.2. The minimum atomic E-state index is -0.915. The summed E-state index contributed by atoms with van der Waals surface area (Å²) in [7, 11) is 0. The highest BCUT2D eigenvalue weighted by molar-refractivity contribution is 5.91. The molecule has 0 radical (unpaired) electrons. The molecule has 260 valence electrons. The van der Waals surface area contributed by atoms with Gasteiger partial charge in [0.05, 0.1) is 12.0 Å². The van der Waals surface area contributed by atoms with Gasteiger partial charge in [0.1, 0.15) is 23.3 Å². The van der Waals surface area contributed by atoms with Crippen LogP contribution in [-0.4, -0.2) is 47.2 Å². The normalized spacial score (nSPS) is 35.2. The van der Waals surface area contributed by atoms with Crippen LogP contribution in [0.15, 0.2) is 0 Å². The maximum atomic E-state index is 13.6. The molecule has 0 unspecified atom stereocenters. The molecular formula is C38H61NO7. The smallest absolute Gasteiger partial charge is 0.408 e. The van der Waals surface area contributed by atoms with Crippen LogP contribution < -0.4 is 5.32 Å². The summed E-state index contributed by atoms with van der Waals surface area (Å²) in [6, 6.07) is -0.915. The molecule has 1 N–H and O–H groups in total. The predicted octanol–water partition coefficient (Wildman–Crippen LogP) is 7.64. The van der Waals surface area contributed by atoms with E-state index in [1.54, 1.807) is 27.7 Å². The maximum absolute atomic E-state index is 13.6. The van der Waals surface area contributed by atoms with E-state index in [2.05, 4.69) is 19.2 Å². The van der Waals surface area contributed by atoms with E-state index in [-0.39, 0.29) is 65.6 Å².